The standard InChI is InChI=1S/C8H11NO2S/c1-6-2-3-12-7(6)4-9-8(11)5-10/h2-3,10H,4-5H2,1H3,(H,9,11). The maximum absolute atomic E-state index is 10.7. The molecule has 0 fully saturated rings. The molecule has 1 heterocycles. The Labute approximate surface area is 75.0 Å². The van der Waals surface area contributed by atoms with E-state index in [0.29, 0.717) is 6.54 Å². The zero-order valence-electron chi connectivity index (χ0n) is 6.83. The van der Waals surface area contributed by atoms with Crippen molar-refractivity contribution in [2.24, 2.45) is 0 Å². The second-order valence-electron chi connectivity index (χ2n) is 2.46. The molecule has 0 aliphatic carbocycles. The average Bonchev–Trinajstić information content (AvgIpc) is 2.47. The van der Waals surface area contributed by atoms with Crippen LogP contribution in [0.1, 0.15) is 10.4 Å². The van der Waals surface area contributed by atoms with E-state index in [2.05, 4.69) is 5.32 Å². The highest BCUT2D eigenvalue weighted by Gasteiger charge is 2.01. The summed E-state index contributed by atoms with van der Waals surface area (Å²) in [5, 5.41) is 13.0. The summed E-state index contributed by atoms with van der Waals surface area (Å²) < 4.78 is 0. The van der Waals surface area contributed by atoms with Crippen LogP contribution >= 0.6 is 11.3 Å². The van der Waals surface area contributed by atoms with Crippen molar-refractivity contribution in [2.75, 3.05) is 6.61 Å². The van der Waals surface area contributed by atoms with Crippen molar-refractivity contribution in [1.82, 2.24) is 5.32 Å². The van der Waals surface area contributed by atoms with Gasteiger partial charge in [0.2, 0.25) is 5.91 Å². The van der Waals surface area contributed by atoms with Gasteiger partial charge in [-0.1, -0.05) is 0 Å². The van der Waals surface area contributed by atoms with Crippen molar-refractivity contribution in [1.29, 1.82) is 0 Å². The fourth-order valence-electron chi connectivity index (χ4n) is 0.820. The van der Waals surface area contributed by atoms with E-state index in [1.54, 1.807) is 11.3 Å². The molecule has 66 valence electrons. The van der Waals surface area contributed by atoms with E-state index in [0.717, 1.165) is 4.88 Å². The molecule has 4 heteroatoms. The molecule has 1 rings (SSSR count). The van der Waals surface area contributed by atoms with E-state index in [1.807, 2.05) is 18.4 Å². The molecule has 1 aromatic rings. The lowest BCUT2D eigenvalue weighted by Gasteiger charge is -2.01. The highest BCUT2D eigenvalue weighted by Crippen LogP contribution is 2.14. The highest BCUT2D eigenvalue weighted by atomic mass is 32.1. The number of nitrogens with one attached hydrogen (secondary N) is 1. The van der Waals surface area contributed by atoms with Gasteiger partial charge < -0.3 is 10.4 Å². The van der Waals surface area contributed by atoms with Gasteiger partial charge in [-0.3, -0.25) is 4.79 Å². The Morgan fingerprint density at radius 2 is 2.50 bits per heavy atom. The molecule has 1 amide bonds. The third kappa shape index (κ3) is 2.32. The van der Waals surface area contributed by atoms with E-state index in [1.165, 1.54) is 5.56 Å². The van der Waals surface area contributed by atoms with Gasteiger partial charge in [0.1, 0.15) is 6.61 Å². The molecular weight excluding hydrogens is 174 g/mol. The summed E-state index contributed by atoms with van der Waals surface area (Å²) in [6, 6.07) is 2.01. The minimum Gasteiger partial charge on any atom is -0.387 e. The summed E-state index contributed by atoms with van der Waals surface area (Å²) in [6.07, 6.45) is 0. The molecule has 0 saturated carbocycles. The smallest absolute Gasteiger partial charge is 0.246 e. The van der Waals surface area contributed by atoms with Crippen LogP contribution in [-0.2, 0) is 11.3 Å². The first kappa shape index (κ1) is 9.22. The lowest BCUT2D eigenvalue weighted by molar-refractivity contribution is -0.123. The lowest BCUT2D eigenvalue weighted by atomic mass is 10.3. The quantitative estimate of drug-likeness (QED) is 0.727. The van der Waals surface area contributed by atoms with Gasteiger partial charge in [-0.25, -0.2) is 0 Å². The van der Waals surface area contributed by atoms with Crippen molar-refractivity contribution in [3.05, 3.63) is 21.9 Å². The Morgan fingerprint density at radius 1 is 1.75 bits per heavy atom. The number of rotatable bonds is 3. The van der Waals surface area contributed by atoms with Gasteiger partial charge in [0.15, 0.2) is 0 Å². The Hall–Kier alpha value is -0.870. The molecule has 0 aliphatic heterocycles. The van der Waals surface area contributed by atoms with Crippen LogP contribution in [0.5, 0.6) is 0 Å². The van der Waals surface area contributed by atoms with Crippen molar-refractivity contribution >= 4 is 17.2 Å². The summed E-state index contributed by atoms with van der Waals surface area (Å²) in [5.41, 5.74) is 1.18. The largest absolute Gasteiger partial charge is 0.387 e. The van der Waals surface area contributed by atoms with Gasteiger partial charge in [0.05, 0.1) is 6.54 Å². The highest BCUT2D eigenvalue weighted by molar-refractivity contribution is 7.10. The Bertz CT molecular complexity index is 270. The predicted molar refractivity (Wildman–Crippen MR) is 48.0 cm³/mol. The summed E-state index contributed by atoms with van der Waals surface area (Å²) in [7, 11) is 0. The topological polar surface area (TPSA) is 49.3 Å². The van der Waals surface area contributed by atoms with Crippen molar-refractivity contribution in [3.8, 4) is 0 Å². The fraction of sp³-hybridized carbons (Fsp3) is 0.375. The molecule has 0 aromatic carbocycles. The Morgan fingerprint density at radius 3 is 3.00 bits per heavy atom. The zero-order chi connectivity index (χ0) is 8.97. The second-order valence-corrected chi connectivity index (χ2v) is 3.46. The maximum Gasteiger partial charge on any atom is 0.246 e. The number of hydrogen-bond acceptors (Lipinski definition) is 3. The molecular formula is C8H11NO2S. The molecule has 0 spiro atoms. The monoisotopic (exact) mass is 185 g/mol. The number of aryl methyl sites for hydroxylation is 1. The van der Waals surface area contributed by atoms with Gasteiger partial charge in [-0.2, -0.15) is 0 Å². The second kappa shape index (κ2) is 4.23. The van der Waals surface area contributed by atoms with Crippen LogP contribution < -0.4 is 5.32 Å². The minimum atomic E-state index is -0.440. The minimum absolute atomic E-state index is 0.331. The first-order valence-electron chi connectivity index (χ1n) is 3.64. The third-order valence-corrected chi connectivity index (χ3v) is 2.58. The van der Waals surface area contributed by atoms with Crippen LogP contribution in [0.2, 0.25) is 0 Å². The van der Waals surface area contributed by atoms with Crippen LogP contribution in [0, 0.1) is 6.92 Å². The summed E-state index contributed by atoms with van der Waals surface area (Å²) in [4.78, 5) is 11.8. The van der Waals surface area contributed by atoms with E-state index in [-0.39, 0.29) is 5.91 Å². The van der Waals surface area contributed by atoms with Crippen LogP contribution in [-0.4, -0.2) is 17.6 Å². The molecule has 0 atom stereocenters. The molecule has 0 aliphatic rings. The number of aliphatic hydroxyl groups is 1. The molecule has 0 saturated heterocycles. The van der Waals surface area contributed by atoms with Gasteiger partial charge in [0.25, 0.3) is 0 Å². The van der Waals surface area contributed by atoms with Crippen LogP contribution in [0.15, 0.2) is 11.4 Å². The molecule has 0 radical (unpaired) electrons. The third-order valence-electron chi connectivity index (χ3n) is 1.56. The fourth-order valence-corrected chi connectivity index (χ4v) is 1.67. The van der Waals surface area contributed by atoms with Crippen molar-refractivity contribution < 1.29 is 9.90 Å². The van der Waals surface area contributed by atoms with E-state index in [9.17, 15) is 4.79 Å². The molecule has 12 heavy (non-hydrogen) atoms. The number of carbonyl (C=O) groups excluding carboxylic acids is 1. The number of hydrogen-bond donors (Lipinski definition) is 2. The lowest BCUT2D eigenvalue weighted by Crippen LogP contribution is -2.25. The molecule has 0 unspecified atom stereocenters. The van der Waals surface area contributed by atoms with E-state index < -0.39 is 6.61 Å². The molecule has 2 N–H and O–H groups in total. The van der Waals surface area contributed by atoms with Crippen LogP contribution in [0.25, 0.3) is 0 Å². The molecule has 0 bridgehead atoms. The number of thiophene rings is 1. The molecule has 1 aromatic heterocycles. The van der Waals surface area contributed by atoms with Gasteiger partial charge in [0, 0.05) is 4.88 Å². The van der Waals surface area contributed by atoms with Crippen LogP contribution in [0.3, 0.4) is 0 Å². The first-order valence-corrected chi connectivity index (χ1v) is 4.52. The Balaban J connectivity index is 2.43. The first-order chi connectivity index (χ1) is 5.74. The average molecular weight is 185 g/mol. The number of amides is 1. The maximum atomic E-state index is 10.7. The van der Waals surface area contributed by atoms with Crippen LogP contribution in [0.4, 0.5) is 0 Å². The predicted octanol–water partition coefficient (Wildman–Crippen LogP) is 0.665. The SMILES string of the molecule is Cc1ccsc1CNC(=O)CO. The van der Waals surface area contributed by atoms with Gasteiger partial charge in [-0.15, -0.1) is 11.3 Å². The Kier molecular flexibility index (Phi) is 3.25. The normalized spacial score (nSPS) is 9.83. The molecule has 3 nitrogen and oxygen atoms in total. The number of carbonyl (C=O) groups is 1. The van der Waals surface area contributed by atoms with Crippen molar-refractivity contribution in [3.63, 3.8) is 0 Å². The number of aliphatic hydroxyl groups excluding tert-OH is 1. The van der Waals surface area contributed by atoms with Gasteiger partial charge >= 0.3 is 0 Å². The van der Waals surface area contributed by atoms with E-state index >= 15 is 0 Å². The zero-order valence-corrected chi connectivity index (χ0v) is 7.65. The summed E-state index contributed by atoms with van der Waals surface area (Å²) in [5.74, 6) is -0.331. The van der Waals surface area contributed by atoms with Crippen molar-refractivity contribution in [2.45, 2.75) is 13.5 Å². The van der Waals surface area contributed by atoms with E-state index in [4.69, 9.17) is 5.11 Å². The van der Waals surface area contributed by atoms with Gasteiger partial charge in [-0.05, 0) is 23.9 Å². The summed E-state index contributed by atoms with van der Waals surface area (Å²) in [6.45, 7) is 2.07. The summed E-state index contributed by atoms with van der Waals surface area (Å²) >= 11 is 1.61.